The molecule has 0 aliphatic heterocycles. The van der Waals surface area contributed by atoms with Crippen molar-refractivity contribution in [2.24, 2.45) is 0 Å². The van der Waals surface area contributed by atoms with Crippen molar-refractivity contribution in [1.82, 2.24) is 35.1 Å². The summed E-state index contributed by atoms with van der Waals surface area (Å²) in [5.74, 6) is 1.34. The summed E-state index contributed by atoms with van der Waals surface area (Å²) in [5.41, 5.74) is 5.20. The van der Waals surface area contributed by atoms with Crippen molar-refractivity contribution in [3.63, 3.8) is 0 Å². The Morgan fingerprint density at radius 2 is 1.84 bits per heavy atom. The Hall–Kier alpha value is -4.18. The number of rotatable bonds is 5. The van der Waals surface area contributed by atoms with Gasteiger partial charge in [-0.05, 0) is 56.0 Å². The van der Waals surface area contributed by atoms with E-state index in [2.05, 4.69) is 30.1 Å². The van der Waals surface area contributed by atoms with Gasteiger partial charge in [-0.15, -0.1) is 11.3 Å². The molecule has 0 bridgehead atoms. The molecule has 1 saturated carbocycles. The van der Waals surface area contributed by atoms with Crippen molar-refractivity contribution in [2.75, 3.05) is 0 Å². The lowest BCUT2D eigenvalue weighted by molar-refractivity contribution is 0.154. The summed E-state index contributed by atoms with van der Waals surface area (Å²) in [7, 11) is 0. The molecule has 0 amide bonds. The fourth-order valence-corrected chi connectivity index (χ4v) is 5.70. The number of aromatic nitrogens is 7. The molecule has 0 radical (unpaired) electrons. The van der Waals surface area contributed by atoms with E-state index in [1.165, 1.54) is 25.3 Å². The third-order valence-electron chi connectivity index (χ3n) is 6.77. The van der Waals surface area contributed by atoms with Crippen molar-refractivity contribution in [2.45, 2.75) is 38.2 Å². The lowest BCUT2D eigenvalue weighted by Crippen LogP contribution is -2.19. The van der Waals surface area contributed by atoms with Crippen LogP contribution in [0.2, 0.25) is 0 Å². The molecule has 6 aromatic heterocycles. The zero-order chi connectivity index (χ0) is 24.8. The van der Waals surface area contributed by atoms with Crippen LogP contribution in [-0.2, 0) is 0 Å². The van der Waals surface area contributed by atoms with Crippen LogP contribution in [-0.4, -0.2) is 41.2 Å². The van der Waals surface area contributed by atoms with Gasteiger partial charge in [0.1, 0.15) is 17.0 Å². The Labute approximate surface area is 215 Å². The van der Waals surface area contributed by atoms with Gasteiger partial charge in [0.05, 0.1) is 17.7 Å². The summed E-state index contributed by atoms with van der Waals surface area (Å²) < 4.78 is 19.9. The standard InChI is InChI=1S/C27H22FN7OS/c28-22-7-6-21(37-22)19-8-9-30-26-23(19)32-27(33-26)24-20-11-16(13-31-25(20)35-34-24)15-10-18(14-29-12-15)36-17-4-2-1-3-5-17/h6-14,17H,1-5H2,(H,30,32,33)(H,31,34,35). The van der Waals surface area contributed by atoms with Crippen LogP contribution in [0.15, 0.2) is 55.1 Å². The number of fused-ring (bicyclic) bond motifs is 2. The normalized spacial score (nSPS) is 14.5. The first-order valence-corrected chi connectivity index (χ1v) is 13.1. The zero-order valence-corrected chi connectivity index (χ0v) is 20.6. The maximum absolute atomic E-state index is 13.7. The average Bonchev–Trinajstić information content (AvgIpc) is 3.66. The van der Waals surface area contributed by atoms with Crippen molar-refractivity contribution in [3.05, 3.63) is 60.3 Å². The average molecular weight is 512 g/mol. The fourth-order valence-electron chi connectivity index (χ4n) is 4.94. The minimum Gasteiger partial charge on any atom is -0.489 e. The highest BCUT2D eigenvalue weighted by molar-refractivity contribution is 7.14. The van der Waals surface area contributed by atoms with Crippen molar-refractivity contribution >= 4 is 33.5 Å². The van der Waals surface area contributed by atoms with Gasteiger partial charge in [-0.25, -0.2) is 15.0 Å². The van der Waals surface area contributed by atoms with Gasteiger partial charge in [-0.1, -0.05) is 6.42 Å². The quantitative estimate of drug-likeness (QED) is 0.272. The van der Waals surface area contributed by atoms with Crippen LogP contribution in [0.4, 0.5) is 4.39 Å². The molecule has 37 heavy (non-hydrogen) atoms. The van der Waals surface area contributed by atoms with Gasteiger partial charge in [-0.3, -0.25) is 10.1 Å². The number of nitrogens with one attached hydrogen (secondary N) is 2. The molecule has 2 N–H and O–H groups in total. The first-order chi connectivity index (χ1) is 18.2. The Morgan fingerprint density at radius 1 is 0.946 bits per heavy atom. The lowest BCUT2D eigenvalue weighted by Gasteiger charge is -2.23. The van der Waals surface area contributed by atoms with Crippen LogP contribution in [0.5, 0.6) is 5.75 Å². The van der Waals surface area contributed by atoms with E-state index in [0.717, 1.165) is 56.9 Å². The summed E-state index contributed by atoms with van der Waals surface area (Å²) in [6.45, 7) is 0. The molecule has 7 rings (SSSR count). The maximum atomic E-state index is 13.7. The van der Waals surface area contributed by atoms with E-state index in [-0.39, 0.29) is 11.2 Å². The predicted molar refractivity (Wildman–Crippen MR) is 141 cm³/mol. The summed E-state index contributed by atoms with van der Waals surface area (Å²) in [4.78, 5) is 22.3. The molecule has 0 spiro atoms. The molecule has 1 fully saturated rings. The summed E-state index contributed by atoms with van der Waals surface area (Å²) >= 11 is 1.08. The van der Waals surface area contributed by atoms with Crippen molar-refractivity contribution in [3.8, 4) is 38.8 Å². The topological polar surface area (TPSA) is 105 Å². The minimum atomic E-state index is -0.240. The van der Waals surface area contributed by atoms with Gasteiger partial charge in [0, 0.05) is 40.2 Å². The number of halogens is 1. The Balaban J connectivity index is 1.26. The lowest BCUT2D eigenvalue weighted by atomic mass is 9.98. The Morgan fingerprint density at radius 3 is 2.70 bits per heavy atom. The van der Waals surface area contributed by atoms with E-state index in [1.54, 1.807) is 24.7 Å². The van der Waals surface area contributed by atoms with Gasteiger partial charge in [0.25, 0.3) is 0 Å². The predicted octanol–water partition coefficient (Wildman–Crippen LogP) is 6.54. The van der Waals surface area contributed by atoms with Gasteiger partial charge in [0.2, 0.25) is 0 Å². The number of ether oxygens (including phenoxy) is 1. The van der Waals surface area contributed by atoms with Crippen LogP contribution < -0.4 is 4.74 Å². The van der Waals surface area contributed by atoms with Gasteiger partial charge < -0.3 is 9.72 Å². The minimum absolute atomic E-state index is 0.240. The molecule has 10 heteroatoms. The molecule has 1 aliphatic carbocycles. The molecule has 1 aliphatic rings. The highest BCUT2D eigenvalue weighted by Gasteiger charge is 2.19. The number of imidazole rings is 1. The molecule has 6 heterocycles. The van der Waals surface area contributed by atoms with E-state index in [0.29, 0.717) is 28.3 Å². The molecular weight excluding hydrogens is 489 g/mol. The largest absolute Gasteiger partial charge is 0.489 e. The molecular formula is C27H22FN7OS. The van der Waals surface area contributed by atoms with Crippen LogP contribution in [0, 0.1) is 5.13 Å². The summed E-state index contributed by atoms with van der Waals surface area (Å²) in [5, 5.41) is 8.06. The molecule has 0 atom stereocenters. The third kappa shape index (κ3) is 4.13. The number of aromatic amines is 2. The van der Waals surface area contributed by atoms with E-state index in [4.69, 9.17) is 9.72 Å². The van der Waals surface area contributed by atoms with E-state index in [1.807, 2.05) is 24.4 Å². The molecule has 8 nitrogen and oxygen atoms in total. The highest BCUT2D eigenvalue weighted by Crippen LogP contribution is 2.34. The van der Waals surface area contributed by atoms with Gasteiger partial charge in [0.15, 0.2) is 22.2 Å². The van der Waals surface area contributed by atoms with E-state index in [9.17, 15) is 4.39 Å². The first kappa shape index (κ1) is 22.1. The Bertz CT molecular complexity index is 1730. The van der Waals surface area contributed by atoms with Gasteiger partial charge >= 0.3 is 0 Å². The number of pyridine rings is 3. The summed E-state index contributed by atoms with van der Waals surface area (Å²) in [6.07, 6.45) is 13.2. The van der Waals surface area contributed by atoms with Crippen LogP contribution in [0.3, 0.4) is 0 Å². The van der Waals surface area contributed by atoms with Crippen molar-refractivity contribution in [1.29, 1.82) is 0 Å². The number of nitrogens with zero attached hydrogens (tertiary/aromatic N) is 5. The van der Waals surface area contributed by atoms with Crippen molar-refractivity contribution < 1.29 is 9.13 Å². The second-order valence-electron chi connectivity index (χ2n) is 9.22. The third-order valence-corrected chi connectivity index (χ3v) is 7.67. The number of hydrogen-bond acceptors (Lipinski definition) is 7. The zero-order valence-electron chi connectivity index (χ0n) is 19.7. The molecule has 6 aromatic rings. The SMILES string of the molecule is Fc1ccc(-c2ccnc3[nH]c(-c4n[nH]c5ncc(-c6cncc(OC7CCCCC7)c6)cc45)nc23)s1. The molecule has 0 saturated heterocycles. The summed E-state index contributed by atoms with van der Waals surface area (Å²) in [6, 6.07) is 9.10. The number of H-pyrrole nitrogens is 2. The molecule has 0 unspecified atom stereocenters. The molecule has 184 valence electrons. The van der Waals surface area contributed by atoms with Crippen LogP contribution in [0.25, 0.3) is 55.3 Å². The second-order valence-corrected chi connectivity index (χ2v) is 10.3. The molecule has 0 aromatic carbocycles. The maximum Gasteiger partial charge on any atom is 0.176 e. The van der Waals surface area contributed by atoms with Gasteiger partial charge in [-0.2, -0.15) is 9.49 Å². The van der Waals surface area contributed by atoms with Crippen LogP contribution in [0.1, 0.15) is 32.1 Å². The second kappa shape index (κ2) is 9.04. The number of hydrogen-bond donors (Lipinski definition) is 2. The Kier molecular flexibility index (Phi) is 5.39. The fraction of sp³-hybridized carbons (Fsp3) is 0.222. The van der Waals surface area contributed by atoms with E-state index >= 15 is 0 Å². The monoisotopic (exact) mass is 511 g/mol. The highest BCUT2D eigenvalue weighted by atomic mass is 32.1. The van der Waals surface area contributed by atoms with E-state index < -0.39 is 0 Å². The van der Waals surface area contributed by atoms with Crippen LogP contribution >= 0.6 is 11.3 Å². The number of thiophene rings is 1. The smallest absolute Gasteiger partial charge is 0.176 e. The first-order valence-electron chi connectivity index (χ1n) is 12.3.